The monoisotopic (exact) mass is 891 g/mol. The van der Waals surface area contributed by atoms with Gasteiger partial charge in [-0.1, -0.05) is 86.3 Å². The van der Waals surface area contributed by atoms with E-state index in [0.29, 0.717) is 30.3 Å². The van der Waals surface area contributed by atoms with E-state index in [9.17, 15) is 8.42 Å². The van der Waals surface area contributed by atoms with E-state index in [0.717, 1.165) is 89.4 Å². The van der Waals surface area contributed by atoms with Crippen molar-refractivity contribution in [2.24, 2.45) is 11.8 Å². The molecule has 1 aromatic carbocycles. The van der Waals surface area contributed by atoms with Gasteiger partial charge in [-0.05, 0) is 136 Å². The van der Waals surface area contributed by atoms with Crippen molar-refractivity contribution in [2.45, 2.75) is 217 Å². The summed E-state index contributed by atoms with van der Waals surface area (Å²) in [6.45, 7) is 38.2. The summed E-state index contributed by atoms with van der Waals surface area (Å²) in [4.78, 5) is 0.396. The molecule has 0 radical (unpaired) electrons. The number of hydrogen-bond acceptors (Lipinski definition) is 8. The summed E-state index contributed by atoms with van der Waals surface area (Å²) < 4.78 is 66.6. The molecule has 0 N–H and O–H groups in total. The average Bonchev–Trinajstić information content (AvgIpc) is 3.73. The van der Waals surface area contributed by atoms with Gasteiger partial charge in [-0.2, -0.15) is 0 Å². The Balaban J connectivity index is 1.36. The predicted molar refractivity (Wildman–Crippen MR) is 252 cm³/mol. The van der Waals surface area contributed by atoms with Crippen LogP contribution in [0.4, 0.5) is 0 Å². The van der Waals surface area contributed by atoms with Gasteiger partial charge < -0.3 is 27.8 Å². The highest BCUT2D eigenvalue weighted by atomic mass is 32.2. The zero-order valence-electron chi connectivity index (χ0n) is 40.0. The van der Waals surface area contributed by atoms with Crippen LogP contribution in [0, 0.1) is 11.8 Å². The lowest BCUT2D eigenvalue weighted by Gasteiger charge is -2.42. The highest BCUT2D eigenvalue weighted by Gasteiger charge is 2.44. The molecule has 0 aromatic heterocycles. The molecule has 0 spiro atoms. The van der Waals surface area contributed by atoms with Gasteiger partial charge in [0.15, 0.2) is 32.8 Å². The Bertz CT molecular complexity index is 1610. The van der Waals surface area contributed by atoms with Gasteiger partial charge in [0.25, 0.3) is 0 Å². The SMILES string of the molecule is C=C(CC[C@@H](C)CC[C@@H]1O[C@@H](CCC2OCCCO2)CC1=C)CC[C@@H]1O[C@H](C[C@@H](CO[Si](C)(C)C(C)(C)C)O[Si](C)(C)C(C)(C)C)C[C@H]1CS(=O)(=O)c1ccc(CC)cc1. The number of sulfone groups is 1. The molecule has 7 atom stereocenters. The zero-order valence-corrected chi connectivity index (χ0v) is 42.9. The number of rotatable bonds is 23. The van der Waals surface area contributed by atoms with Crippen molar-refractivity contribution in [1.82, 2.24) is 0 Å². The van der Waals surface area contributed by atoms with Crippen LogP contribution in [-0.4, -0.2) is 87.4 Å². The first-order valence-electron chi connectivity index (χ1n) is 23.4. The lowest BCUT2D eigenvalue weighted by Crippen LogP contribution is -2.48. The Morgan fingerprint density at radius 1 is 0.867 bits per heavy atom. The van der Waals surface area contributed by atoms with Crippen LogP contribution in [0.5, 0.6) is 0 Å². The lowest BCUT2D eigenvalue weighted by molar-refractivity contribution is -0.184. The first-order chi connectivity index (χ1) is 27.9. The molecule has 3 fully saturated rings. The van der Waals surface area contributed by atoms with E-state index in [1.807, 2.05) is 12.1 Å². The lowest BCUT2D eigenvalue weighted by atomic mass is 9.91. The second-order valence-electron chi connectivity index (χ2n) is 21.6. The molecule has 3 aliphatic rings. The predicted octanol–water partition coefficient (Wildman–Crippen LogP) is 12.4. The number of benzene rings is 1. The molecular formula is C49H86O8SSi2. The third kappa shape index (κ3) is 15.5. The van der Waals surface area contributed by atoms with Crippen LogP contribution in [0.15, 0.2) is 53.5 Å². The fourth-order valence-corrected chi connectivity index (χ4v) is 12.2. The minimum absolute atomic E-state index is 0.0468. The summed E-state index contributed by atoms with van der Waals surface area (Å²) in [5.41, 5.74) is 3.56. The van der Waals surface area contributed by atoms with Gasteiger partial charge in [-0.25, -0.2) is 8.42 Å². The first-order valence-corrected chi connectivity index (χ1v) is 30.9. The van der Waals surface area contributed by atoms with Gasteiger partial charge in [0.05, 0.1) is 61.0 Å². The quantitative estimate of drug-likeness (QED) is 0.0793. The number of ether oxygens (including phenoxy) is 4. The third-order valence-corrected chi connectivity index (χ3v) is 25.3. The number of allylic oxidation sites excluding steroid dienone is 1. The molecule has 344 valence electrons. The summed E-state index contributed by atoms with van der Waals surface area (Å²) >= 11 is 0. The molecule has 0 bridgehead atoms. The van der Waals surface area contributed by atoms with Crippen molar-refractivity contribution in [3.05, 3.63) is 54.1 Å². The van der Waals surface area contributed by atoms with Crippen molar-refractivity contribution in [1.29, 1.82) is 0 Å². The van der Waals surface area contributed by atoms with Crippen LogP contribution in [0.1, 0.15) is 138 Å². The van der Waals surface area contributed by atoms with E-state index in [2.05, 4.69) is 94.7 Å². The van der Waals surface area contributed by atoms with Gasteiger partial charge >= 0.3 is 0 Å². The molecule has 8 nitrogen and oxygen atoms in total. The summed E-state index contributed by atoms with van der Waals surface area (Å²) in [5, 5.41) is 0.132. The number of hydrogen-bond donors (Lipinski definition) is 0. The fraction of sp³-hybridized carbons (Fsp3) is 0.796. The Hall–Kier alpha value is -1.16. The topological polar surface area (TPSA) is 89.5 Å². The summed E-state index contributed by atoms with van der Waals surface area (Å²) in [7, 11) is -7.67. The normalized spacial score (nSPS) is 24.9. The standard InChI is InChI=1S/C49H86O8SSi2/c1-15-39-21-24-44(25-22-39)58(50,51)35-40-32-42(33-43(57-60(13,14)49(8,9)10)34-54-59(11,12)48(5,6)7)56-46(40)27-20-37(3)18-17-36(2)19-26-45-38(4)31-41(55-45)23-28-47-52-29-16-30-53-47/h21-22,24-25,36,40-43,45-47H,3-4,15-20,23,26-35H2,1-2,5-14H3/t36-,40+,41+,42+,43+,45+,46+/m1/s1. The Labute approximate surface area is 369 Å². The second kappa shape index (κ2) is 22.2. The van der Waals surface area contributed by atoms with E-state index in [-0.39, 0.29) is 58.6 Å². The molecule has 0 amide bonds. The number of aryl methyl sites for hydroxylation is 1. The Kier molecular flexibility index (Phi) is 19.0. The van der Waals surface area contributed by atoms with Gasteiger partial charge in [0.2, 0.25) is 0 Å². The van der Waals surface area contributed by atoms with Crippen LogP contribution in [-0.2, 0) is 44.1 Å². The largest absolute Gasteiger partial charge is 0.414 e. The average molecular weight is 891 g/mol. The van der Waals surface area contributed by atoms with Crippen molar-refractivity contribution < 1.29 is 36.2 Å². The van der Waals surface area contributed by atoms with Crippen molar-refractivity contribution >= 4 is 26.5 Å². The third-order valence-electron chi connectivity index (χ3n) is 14.4. The van der Waals surface area contributed by atoms with E-state index in [4.69, 9.17) is 27.8 Å². The smallest absolute Gasteiger partial charge is 0.192 e. The van der Waals surface area contributed by atoms with Crippen molar-refractivity contribution in [3.8, 4) is 0 Å². The molecule has 3 aliphatic heterocycles. The minimum atomic E-state index is -3.51. The first kappa shape index (κ1) is 51.5. The van der Waals surface area contributed by atoms with E-state index in [1.54, 1.807) is 12.1 Å². The van der Waals surface area contributed by atoms with E-state index in [1.165, 1.54) is 11.1 Å². The minimum Gasteiger partial charge on any atom is -0.414 e. The molecule has 4 rings (SSSR count). The van der Waals surface area contributed by atoms with Gasteiger partial charge in [-0.15, -0.1) is 0 Å². The van der Waals surface area contributed by atoms with E-state index < -0.39 is 26.5 Å². The maximum Gasteiger partial charge on any atom is 0.192 e. The molecule has 11 heteroatoms. The van der Waals surface area contributed by atoms with Gasteiger partial charge in [0.1, 0.15) is 0 Å². The molecule has 60 heavy (non-hydrogen) atoms. The van der Waals surface area contributed by atoms with Crippen LogP contribution in [0.2, 0.25) is 36.3 Å². The Morgan fingerprint density at radius 2 is 1.52 bits per heavy atom. The van der Waals surface area contributed by atoms with Crippen LogP contribution in [0.25, 0.3) is 0 Å². The highest BCUT2D eigenvalue weighted by molar-refractivity contribution is 7.91. The molecule has 1 aromatic rings. The van der Waals surface area contributed by atoms with Crippen LogP contribution in [0.3, 0.4) is 0 Å². The molecule has 3 heterocycles. The molecule has 0 aliphatic carbocycles. The highest BCUT2D eigenvalue weighted by Crippen LogP contribution is 2.42. The maximum atomic E-state index is 13.9. The summed E-state index contributed by atoms with van der Waals surface area (Å²) in [6.07, 6.45) is 11.5. The van der Waals surface area contributed by atoms with Gasteiger partial charge in [0, 0.05) is 18.8 Å². The summed E-state index contributed by atoms with van der Waals surface area (Å²) in [5.74, 6) is 0.504. The van der Waals surface area contributed by atoms with Crippen LogP contribution < -0.4 is 0 Å². The van der Waals surface area contributed by atoms with Crippen LogP contribution >= 0.6 is 0 Å². The second-order valence-corrected chi connectivity index (χ2v) is 33.2. The maximum absolute atomic E-state index is 13.9. The van der Waals surface area contributed by atoms with Gasteiger partial charge in [-0.3, -0.25) is 0 Å². The van der Waals surface area contributed by atoms with E-state index >= 15 is 0 Å². The Morgan fingerprint density at radius 3 is 2.13 bits per heavy atom. The fourth-order valence-electron chi connectivity index (χ4n) is 8.17. The van der Waals surface area contributed by atoms with Crippen molar-refractivity contribution in [3.63, 3.8) is 0 Å². The molecule has 0 saturated carbocycles. The summed E-state index contributed by atoms with van der Waals surface area (Å²) in [6, 6.07) is 7.42. The molecule has 3 saturated heterocycles. The molecule has 0 unspecified atom stereocenters. The van der Waals surface area contributed by atoms with Crippen molar-refractivity contribution in [2.75, 3.05) is 25.6 Å². The molecular weight excluding hydrogens is 805 g/mol. The zero-order chi connectivity index (χ0) is 44.5.